The van der Waals surface area contributed by atoms with Crippen molar-refractivity contribution < 1.29 is 19.5 Å². The number of nitrogens with zero attached hydrogens (tertiary/aromatic N) is 1. The molecular formula is C21H18Cl2N2O4S2. The number of β-lactam (4-membered cyclic amide) rings is 1. The Hall–Kier alpha value is -1.87. The zero-order chi connectivity index (χ0) is 22.2. The highest BCUT2D eigenvalue weighted by Gasteiger charge is 2.58. The van der Waals surface area contributed by atoms with Crippen LogP contribution in [0.5, 0.6) is 0 Å². The van der Waals surface area contributed by atoms with Crippen molar-refractivity contribution in [3.05, 3.63) is 64.1 Å². The fraction of sp³-hybridized carbons (Fsp3) is 0.286. The molecule has 4 rings (SSSR count). The summed E-state index contributed by atoms with van der Waals surface area (Å²) in [6.45, 7) is 0.0252. The summed E-state index contributed by atoms with van der Waals surface area (Å²) in [7, 11) is 0. The van der Waals surface area contributed by atoms with Crippen molar-refractivity contribution in [2.45, 2.75) is 27.5 Å². The van der Waals surface area contributed by atoms with Crippen LogP contribution >= 0.6 is 46.7 Å². The summed E-state index contributed by atoms with van der Waals surface area (Å²) in [5, 5.41) is 13.1. The molecule has 0 spiro atoms. The Labute approximate surface area is 197 Å². The summed E-state index contributed by atoms with van der Waals surface area (Å²) >= 11 is 14.8. The number of amides is 2. The van der Waals surface area contributed by atoms with E-state index in [1.165, 1.54) is 16.7 Å². The monoisotopic (exact) mass is 496 g/mol. The molecule has 2 aromatic carbocycles. The van der Waals surface area contributed by atoms with E-state index >= 15 is 0 Å². The van der Waals surface area contributed by atoms with Gasteiger partial charge in [-0.05, 0) is 17.7 Å². The summed E-state index contributed by atoms with van der Waals surface area (Å²) in [5.41, 5.74) is 0.861. The number of nitrogens with one attached hydrogen (secondary N) is 1. The highest BCUT2D eigenvalue weighted by molar-refractivity contribution is 8.05. The van der Waals surface area contributed by atoms with E-state index in [0.29, 0.717) is 14.9 Å². The Bertz CT molecular complexity index is 1040. The van der Waals surface area contributed by atoms with Crippen molar-refractivity contribution in [3.63, 3.8) is 0 Å². The minimum atomic E-state index is -1.26. The SMILES string of the molecule is O=C(Cc1ccccc1)N[C@@H]1C(=O)N2CC(Sc3cccc(Cl)c3Cl)(C(=O)O)CS[C@H]12. The number of carboxylic acids is 1. The van der Waals surface area contributed by atoms with Gasteiger partial charge in [0.2, 0.25) is 11.8 Å². The molecule has 0 bridgehead atoms. The Morgan fingerprint density at radius 1 is 1.19 bits per heavy atom. The summed E-state index contributed by atoms with van der Waals surface area (Å²) in [6, 6.07) is 13.7. The molecule has 2 aromatic rings. The van der Waals surface area contributed by atoms with Crippen LogP contribution in [0, 0.1) is 0 Å². The van der Waals surface area contributed by atoms with E-state index in [4.69, 9.17) is 23.2 Å². The lowest BCUT2D eigenvalue weighted by atomic mass is 10.0. The van der Waals surface area contributed by atoms with Gasteiger partial charge >= 0.3 is 5.97 Å². The van der Waals surface area contributed by atoms with Crippen LogP contribution in [0.25, 0.3) is 0 Å². The molecule has 10 heteroatoms. The summed E-state index contributed by atoms with van der Waals surface area (Å²) in [4.78, 5) is 39.4. The molecular weight excluding hydrogens is 479 g/mol. The van der Waals surface area contributed by atoms with E-state index in [1.807, 2.05) is 30.3 Å². The molecule has 2 aliphatic rings. The van der Waals surface area contributed by atoms with Crippen LogP contribution in [0.1, 0.15) is 5.56 Å². The van der Waals surface area contributed by atoms with Gasteiger partial charge in [0, 0.05) is 17.2 Å². The van der Waals surface area contributed by atoms with Gasteiger partial charge in [-0.2, -0.15) is 0 Å². The minimum Gasteiger partial charge on any atom is -0.480 e. The van der Waals surface area contributed by atoms with Crippen LogP contribution in [-0.4, -0.2) is 56.3 Å². The molecule has 2 amide bonds. The number of halogens is 2. The van der Waals surface area contributed by atoms with Gasteiger partial charge in [0.25, 0.3) is 0 Å². The maximum atomic E-state index is 12.7. The van der Waals surface area contributed by atoms with Gasteiger partial charge in [-0.1, -0.05) is 59.6 Å². The third-order valence-electron chi connectivity index (χ3n) is 5.19. The topological polar surface area (TPSA) is 86.7 Å². The van der Waals surface area contributed by atoms with Gasteiger partial charge in [0.1, 0.15) is 16.2 Å². The quantitative estimate of drug-likeness (QED) is 0.594. The van der Waals surface area contributed by atoms with Crippen LogP contribution in [-0.2, 0) is 20.8 Å². The zero-order valence-electron chi connectivity index (χ0n) is 16.1. The second-order valence-electron chi connectivity index (χ2n) is 7.33. The Morgan fingerprint density at radius 2 is 1.94 bits per heavy atom. The molecule has 3 atom stereocenters. The highest BCUT2D eigenvalue weighted by Crippen LogP contribution is 2.48. The normalized spacial score (nSPS) is 24.8. The molecule has 31 heavy (non-hydrogen) atoms. The summed E-state index contributed by atoms with van der Waals surface area (Å²) in [6.07, 6.45) is 0.185. The van der Waals surface area contributed by atoms with Crippen molar-refractivity contribution in [2.24, 2.45) is 0 Å². The standard InChI is InChI=1S/C21H18Cl2N2O4S2/c22-13-7-4-8-14(16(13)23)31-21(20(28)29)10-25-18(27)17(19(25)30-11-21)24-15(26)9-12-5-2-1-3-6-12/h1-8,17,19H,9-11H2,(H,24,26)(H,28,29)/t17-,19-,21?/m1/s1. The Morgan fingerprint density at radius 3 is 2.65 bits per heavy atom. The molecule has 2 heterocycles. The van der Waals surface area contributed by atoms with Crippen molar-refractivity contribution in [3.8, 4) is 0 Å². The molecule has 6 nitrogen and oxygen atoms in total. The molecule has 0 saturated carbocycles. The molecule has 1 unspecified atom stereocenters. The number of aliphatic carboxylic acids is 1. The molecule has 2 aliphatic heterocycles. The van der Waals surface area contributed by atoms with E-state index in [-0.39, 0.29) is 35.9 Å². The molecule has 2 N–H and O–H groups in total. The van der Waals surface area contributed by atoms with Crippen molar-refractivity contribution in [1.29, 1.82) is 0 Å². The average Bonchev–Trinajstić information content (AvgIpc) is 2.76. The lowest BCUT2D eigenvalue weighted by Gasteiger charge is -2.53. The first-order valence-corrected chi connectivity index (χ1v) is 12.0. The van der Waals surface area contributed by atoms with Gasteiger partial charge in [-0.15, -0.1) is 23.5 Å². The fourth-order valence-electron chi connectivity index (χ4n) is 3.57. The summed E-state index contributed by atoms with van der Waals surface area (Å²) in [5.74, 6) is -1.28. The van der Waals surface area contributed by atoms with E-state index in [9.17, 15) is 19.5 Å². The fourth-order valence-corrected chi connectivity index (χ4v) is 6.93. The van der Waals surface area contributed by atoms with Gasteiger partial charge in [0.15, 0.2) is 0 Å². The maximum Gasteiger partial charge on any atom is 0.322 e. The van der Waals surface area contributed by atoms with Crippen LogP contribution in [0.2, 0.25) is 10.0 Å². The molecule has 0 radical (unpaired) electrons. The third-order valence-corrected chi connectivity index (χ3v) is 9.23. The number of carbonyl (C=O) groups is 3. The third kappa shape index (κ3) is 4.39. The largest absolute Gasteiger partial charge is 0.480 e. The van der Waals surface area contributed by atoms with Crippen LogP contribution in [0.4, 0.5) is 0 Å². The predicted octanol–water partition coefficient (Wildman–Crippen LogP) is 3.55. The van der Waals surface area contributed by atoms with E-state index in [2.05, 4.69) is 5.32 Å². The van der Waals surface area contributed by atoms with Gasteiger partial charge in [-0.3, -0.25) is 14.4 Å². The molecule has 0 aromatic heterocycles. The number of rotatable bonds is 6. The number of hydrogen-bond donors (Lipinski definition) is 2. The first-order valence-electron chi connectivity index (χ1n) is 9.42. The van der Waals surface area contributed by atoms with E-state index in [1.54, 1.807) is 18.2 Å². The number of fused-ring (bicyclic) bond motifs is 1. The zero-order valence-corrected chi connectivity index (χ0v) is 19.2. The van der Waals surface area contributed by atoms with Gasteiger partial charge in [-0.25, -0.2) is 0 Å². The van der Waals surface area contributed by atoms with Gasteiger partial charge < -0.3 is 15.3 Å². The number of carboxylic acid groups (broad SMARTS) is 1. The molecule has 2 saturated heterocycles. The predicted molar refractivity (Wildman–Crippen MR) is 123 cm³/mol. The van der Waals surface area contributed by atoms with Crippen molar-refractivity contribution in [2.75, 3.05) is 12.3 Å². The second kappa shape index (κ2) is 8.94. The lowest BCUT2D eigenvalue weighted by Crippen LogP contribution is -2.74. The molecule has 0 aliphatic carbocycles. The van der Waals surface area contributed by atoms with Crippen LogP contribution in [0.3, 0.4) is 0 Å². The van der Waals surface area contributed by atoms with E-state index < -0.39 is 16.8 Å². The maximum absolute atomic E-state index is 12.7. The lowest BCUT2D eigenvalue weighted by molar-refractivity contribution is -0.152. The van der Waals surface area contributed by atoms with Crippen molar-refractivity contribution in [1.82, 2.24) is 10.2 Å². The highest BCUT2D eigenvalue weighted by atomic mass is 35.5. The molecule has 162 valence electrons. The Balaban J connectivity index is 1.44. The van der Waals surface area contributed by atoms with E-state index in [0.717, 1.165) is 17.3 Å². The second-order valence-corrected chi connectivity index (χ2v) is 10.6. The first-order chi connectivity index (χ1) is 14.8. The average molecular weight is 497 g/mol. The Kier molecular flexibility index (Phi) is 6.44. The number of benzene rings is 2. The van der Waals surface area contributed by atoms with Crippen LogP contribution < -0.4 is 5.32 Å². The summed E-state index contributed by atoms with van der Waals surface area (Å²) < 4.78 is -1.26. The van der Waals surface area contributed by atoms with Gasteiger partial charge in [0.05, 0.1) is 16.5 Å². The number of thioether (sulfide) groups is 2. The smallest absolute Gasteiger partial charge is 0.322 e. The number of hydrogen-bond acceptors (Lipinski definition) is 5. The number of carbonyl (C=O) groups excluding carboxylic acids is 2. The molecule has 2 fully saturated rings. The first kappa shape index (κ1) is 22.3. The minimum absolute atomic E-state index is 0.0252. The van der Waals surface area contributed by atoms with Crippen LogP contribution in [0.15, 0.2) is 53.4 Å². The van der Waals surface area contributed by atoms with Crippen molar-refractivity contribution >= 4 is 64.5 Å².